The summed E-state index contributed by atoms with van der Waals surface area (Å²) in [7, 11) is -3.58. The van der Waals surface area contributed by atoms with Gasteiger partial charge >= 0.3 is 0 Å². The van der Waals surface area contributed by atoms with E-state index in [1.54, 1.807) is 12.1 Å². The number of benzene rings is 1. The third-order valence-electron chi connectivity index (χ3n) is 3.41. The topological polar surface area (TPSA) is 87.3 Å². The first kappa shape index (κ1) is 20.4. The van der Waals surface area contributed by atoms with Crippen LogP contribution in [0, 0.1) is 0 Å². The van der Waals surface area contributed by atoms with E-state index in [0.29, 0.717) is 4.47 Å². The Hall–Kier alpha value is -0.670. The molecule has 0 bridgehead atoms. The molecule has 1 saturated heterocycles. The molecule has 0 radical (unpaired) electrons. The molecule has 9 heteroatoms. The van der Waals surface area contributed by atoms with Crippen molar-refractivity contribution in [1.29, 1.82) is 0 Å². The number of carbonyl (C=O) groups is 1. The Bertz CT molecular complexity index is 621. The van der Waals surface area contributed by atoms with Crippen molar-refractivity contribution in [1.82, 2.24) is 15.4 Å². The smallest absolute Gasteiger partial charge is 0.240 e. The third-order valence-corrected chi connectivity index (χ3v) is 5.36. The highest BCUT2D eigenvalue weighted by Gasteiger charge is 2.17. The largest absolute Gasteiger partial charge is 0.352 e. The Morgan fingerprint density at radius 1 is 1.39 bits per heavy atom. The molecule has 0 aromatic heterocycles. The predicted octanol–water partition coefficient (Wildman–Crippen LogP) is 1.41. The van der Waals surface area contributed by atoms with Gasteiger partial charge in [0.1, 0.15) is 0 Å². The van der Waals surface area contributed by atoms with Gasteiger partial charge in [-0.15, -0.1) is 12.4 Å². The maximum atomic E-state index is 12.1. The number of hydrogen-bond acceptors (Lipinski definition) is 4. The van der Waals surface area contributed by atoms with Gasteiger partial charge in [-0.2, -0.15) is 0 Å². The van der Waals surface area contributed by atoms with Gasteiger partial charge in [0.25, 0.3) is 0 Å². The first-order valence-corrected chi connectivity index (χ1v) is 9.50. The van der Waals surface area contributed by atoms with E-state index in [9.17, 15) is 13.2 Å². The maximum absolute atomic E-state index is 12.1. The standard InChI is InChI=1S/C14H20BrN3O3S.ClH/c15-11-3-1-5-13(9-11)22(20,21)17-8-6-14(19)18-12-4-2-7-16-10-12;/h1,3,5,9,12,16-17H,2,4,6-8,10H2,(H,18,19);1H/t12-;/m0./s1. The molecule has 1 aromatic carbocycles. The number of halogens is 2. The molecule has 1 aromatic rings. The number of piperidine rings is 1. The third kappa shape index (κ3) is 6.76. The van der Waals surface area contributed by atoms with Crippen LogP contribution in [0.3, 0.4) is 0 Å². The quantitative estimate of drug-likeness (QED) is 0.642. The van der Waals surface area contributed by atoms with Gasteiger partial charge in [-0.3, -0.25) is 4.79 Å². The summed E-state index contributed by atoms with van der Waals surface area (Å²) in [6.45, 7) is 1.84. The first-order valence-electron chi connectivity index (χ1n) is 7.23. The van der Waals surface area contributed by atoms with Gasteiger partial charge in [0, 0.05) is 30.0 Å². The van der Waals surface area contributed by atoms with Crippen molar-refractivity contribution in [3.05, 3.63) is 28.7 Å². The van der Waals surface area contributed by atoms with Crippen LogP contribution >= 0.6 is 28.3 Å². The second-order valence-corrected chi connectivity index (χ2v) is 7.90. The van der Waals surface area contributed by atoms with Crippen molar-refractivity contribution < 1.29 is 13.2 Å². The van der Waals surface area contributed by atoms with Gasteiger partial charge in [0.05, 0.1) is 4.90 Å². The zero-order valence-electron chi connectivity index (χ0n) is 12.5. The Labute approximate surface area is 151 Å². The van der Waals surface area contributed by atoms with Gasteiger partial charge in [0.15, 0.2) is 0 Å². The van der Waals surface area contributed by atoms with Crippen LogP contribution in [0.4, 0.5) is 0 Å². The van der Waals surface area contributed by atoms with Crippen LogP contribution in [0.1, 0.15) is 19.3 Å². The molecule has 23 heavy (non-hydrogen) atoms. The minimum atomic E-state index is -3.58. The fourth-order valence-corrected chi connectivity index (χ4v) is 3.92. The molecule has 1 aliphatic heterocycles. The minimum absolute atomic E-state index is 0. The Morgan fingerprint density at radius 2 is 2.17 bits per heavy atom. The molecule has 3 N–H and O–H groups in total. The monoisotopic (exact) mass is 425 g/mol. The number of hydrogen-bond donors (Lipinski definition) is 3. The van der Waals surface area contributed by atoms with E-state index in [-0.39, 0.29) is 42.2 Å². The lowest BCUT2D eigenvalue weighted by Gasteiger charge is -2.23. The lowest BCUT2D eigenvalue weighted by Crippen LogP contribution is -2.46. The number of carbonyl (C=O) groups excluding carboxylic acids is 1. The van der Waals surface area contributed by atoms with Crippen LogP contribution in [0.25, 0.3) is 0 Å². The number of nitrogens with one attached hydrogen (secondary N) is 3. The lowest BCUT2D eigenvalue weighted by atomic mass is 10.1. The van der Waals surface area contributed by atoms with Crippen molar-refractivity contribution >= 4 is 44.3 Å². The number of amides is 1. The molecule has 1 fully saturated rings. The zero-order valence-corrected chi connectivity index (χ0v) is 15.8. The predicted molar refractivity (Wildman–Crippen MR) is 95.2 cm³/mol. The van der Waals surface area contributed by atoms with Crippen LogP contribution in [0.15, 0.2) is 33.6 Å². The second-order valence-electron chi connectivity index (χ2n) is 5.22. The summed E-state index contributed by atoms with van der Waals surface area (Å²) in [5.74, 6) is -0.134. The van der Waals surface area contributed by atoms with Gasteiger partial charge < -0.3 is 10.6 Å². The van der Waals surface area contributed by atoms with Gasteiger partial charge in [-0.05, 0) is 37.6 Å². The zero-order chi connectivity index (χ0) is 16.0. The molecule has 0 saturated carbocycles. The summed E-state index contributed by atoms with van der Waals surface area (Å²) < 4.78 is 27.3. The highest BCUT2D eigenvalue weighted by molar-refractivity contribution is 9.10. The average molecular weight is 427 g/mol. The number of rotatable bonds is 6. The van der Waals surface area contributed by atoms with Crippen LogP contribution in [0.2, 0.25) is 0 Å². The summed E-state index contributed by atoms with van der Waals surface area (Å²) in [5, 5.41) is 6.13. The van der Waals surface area contributed by atoms with E-state index < -0.39 is 10.0 Å². The van der Waals surface area contributed by atoms with E-state index in [2.05, 4.69) is 31.3 Å². The molecule has 1 heterocycles. The van der Waals surface area contributed by atoms with Gasteiger partial charge in [-0.25, -0.2) is 13.1 Å². The normalized spacial score (nSPS) is 18.0. The summed E-state index contributed by atoms with van der Waals surface area (Å²) in [4.78, 5) is 12.0. The highest BCUT2D eigenvalue weighted by atomic mass is 79.9. The maximum Gasteiger partial charge on any atom is 0.240 e. The van der Waals surface area contributed by atoms with Crippen molar-refractivity contribution in [3.8, 4) is 0 Å². The van der Waals surface area contributed by atoms with Crippen LogP contribution in [-0.4, -0.2) is 40.0 Å². The van der Waals surface area contributed by atoms with E-state index in [1.807, 2.05) is 0 Å². The first-order chi connectivity index (χ1) is 10.5. The molecule has 1 amide bonds. The summed E-state index contributed by atoms with van der Waals surface area (Å²) >= 11 is 3.24. The molecule has 0 unspecified atom stereocenters. The lowest BCUT2D eigenvalue weighted by molar-refractivity contribution is -0.121. The molecule has 6 nitrogen and oxygen atoms in total. The Kier molecular flexibility index (Phi) is 8.49. The summed E-state index contributed by atoms with van der Waals surface area (Å²) in [5.41, 5.74) is 0. The number of sulfonamides is 1. The Balaban J connectivity index is 0.00000264. The average Bonchev–Trinajstić information content (AvgIpc) is 2.48. The SMILES string of the molecule is Cl.O=C(CCNS(=O)(=O)c1cccc(Br)c1)N[C@H]1CCCNC1. The molecular weight excluding hydrogens is 406 g/mol. The van der Waals surface area contributed by atoms with Crippen molar-refractivity contribution in [2.24, 2.45) is 0 Å². The second kappa shape index (κ2) is 9.58. The fraction of sp³-hybridized carbons (Fsp3) is 0.500. The van der Waals surface area contributed by atoms with Gasteiger partial charge in [-0.1, -0.05) is 22.0 Å². The highest BCUT2D eigenvalue weighted by Crippen LogP contribution is 2.15. The van der Waals surface area contributed by atoms with Gasteiger partial charge in [0.2, 0.25) is 15.9 Å². The van der Waals surface area contributed by atoms with E-state index in [0.717, 1.165) is 25.9 Å². The Morgan fingerprint density at radius 3 is 2.83 bits per heavy atom. The molecule has 130 valence electrons. The molecule has 1 atom stereocenters. The van der Waals surface area contributed by atoms with Crippen molar-refractivity contribution in [2.75, 3.05) is 19.6 Å². The minimum Gasteiger partial charge on any atom is -0.352 e. The summed E-state index contributed by atoms with van der Waals surface area (Å²) in [6.07, 6.45) is 2.13. The van der Waals surface area contributed by atoms with E-state index in [1.165, 1.54) is 12.1 Å². The van der Waals surface area contributed by atoms with Crippen molar-refractivity contribution in [2.45, 2.75) is 30.2 Å². The van der Waals surface area contributed by atoms with Crippen LogP contribution in [0.5, 0.6) is 0 Å². The van der Waals surface area contributed by atoms with Crippen LogP contribution < -0.4 is 15.4 Å². The van der Waals surface area contributed by atoms with Crippen LogP contribution in [-0.2, 0) is 14.8 Å². The van der Waals surface area contributed by atoms with Crippen molar-refractivity contribution in [3.63, 3.8) is 0 Å². The van der Waals surface area contributed by atoms with E-state index in [4.69, 9.17) is 0 Å². The molecular formula is C14H21BrClN3O3S. The van der Waals surface area contributed by atoms with E-state index >= 15 is 0 Å². The molecule has 2 rings (SSSR count). The molecule has 1 aliphatic rings. The molecule has 0 aliphatic carbocycles. The molecule has 0 spiro atoms. The summed E-state index contributed by atoms with van der Waals surface area (Å²) in [6, 6.07) is 6.59. The fourth-order valence-electron chi connectivity index (χ4n) is 2.29.